The van der Waals surface area contributed by atoms with E-state index in [-0.39, 0.29) is 0 Å². The molecule has 4 nitrogen and oxygen atoms in total. The van der Waals surface area contributed by atoms with Gasteiger partial charge in [-0.15, -0.1) is 0 Å². The molecule has 0 spiro atoms. The SMILES string of the molecule is CCCCOCCOCCOCCN(CCBr)C1CC1. The van der Waals surface area contributed by atoms with E-state index in [1.54, 1.807) is 0 Å². The van der Waals surface area contributed by atoms with Gasteiger partial charge in [-0.3, -0.25) is 4.90 Å². The van der Waals surface area contributed by atoms with Gasteiger partial charge in [0, 0.05) is 31.1 Å². The van der Waals surface area contributed by atoms with Crippen molar-refractivity contribution in [2.45, 2.75) is 38.6 Å². The number of unbranched alkanes of at least 4 members (excludes halogenated alkanes) is 1. The Morgan fingerprint density at radius 2 is 1.50 bits per heavy atom. The molecule has 0 amide bonds. The van der Waals surface area contributed by atoms with Crippen LogP contribution in [0.4, 0.5) is 0 Å². The summed E-state index contributed by atoms with van der Waals surface area (Å²) in [5, 5.41) is 1.05. The van der Waals surface area contributed by atoms with Crippen LogP contribution in [-0.2, 0) is 14.2 Å². The van der Waals surface area contributed by atoms with Crippen LogP contribution in [0.15, 0.2) is 0 Å². The van der Waals surface area contributed by atoms with Gasteiger partial charge in [0.25, 0.3) is 0 Å². The van der Waals surface area contributed by atoms with Crippen LogP contribution in [0.1, 0.15) is 32.6 Å². The Morgan fingerprint density at radius 3 is 2.05 bits per heavy atom. The standard InChI is InChI=1S/C15H30BrNO3/c1-2-3-9-18-11-13-20-14-12-19-10-8-17(7-6-16)15-4-5-15/h15H,2-14H2,1H3. The maximum absolute atomic E-state index is 5.61. The fraction of sp³-hybridized carbons (Fsp3) is 1.00. The third-order valence-corrected chi connectivity index (χ3v) is 3.70. The van der Waals surface area contributed by atoms with Crippen LogP contribution in [-0.4, -0.2) is 69.0 Å². The highest BCUT2D eigenvalue weighted by molar-refractivity contribution is 9.09. The molecule has 0 atom stereocenters. The van der Waals surface area contributed by atoms with Crippen molar-refractivity contribution in [3.8, 4) is 0 Å². The van der Waals surface area contributed by atoms with E-state index in [2.05, 4.69) is 27.8 Å². The van der Waals surface area contributed by atoms with Crippen LogP contribution in [0.3, 0.4) is 0 Å². The zero-order valence-electron chi connectivity index (χ0n) is 12.8. The van der Waals surface area contributed by atoms with E-state index in [9.17, 15) is 0 Å². The lowest BCUT2D eigenvalue weighted by Gasteiger charge is -2.20. The minimum Gasteiger partial charge on any atom is -0.379 e. The molecule has 0 N–H and O–H groups in total. The Hall–Kier alpha value is 0.320. The van der Waals surface area contributed by atoms with Crippen molar-refractivity contribution in [2.75, 3.05) is 58.1 Å². The second-order valence-electron chi connectivity index (χ2n) is 5.15. The highest BCUT2D eigenvalue weighted by Gasteiger charge is 2.27. The van der Waals surface area contributed by atoms with Gasteiger partial charge in [-0.25, -0.2) is 0 Å². The lowest BCUT2D eigenvalue weighted by molar-refractivity contribution is 0.0101. The minimum absolute atomic E-state index is 0.666. The van der Waals surface area contributed by atoms with Gasteiger partial charge in [0.1, 0.15) is 0 Å². The van der Waals surface area contributed by atoms with Crippen molar-refractivity contribution in [3.05, 3.63) is 0 Å². The van der Waals surface area contributed by atoms with Gasteiger partial charge >= 0.3 is 0 Å². The second kappa shape index (κ2) is 13.0. The lowest BCUT2D eigenvalue weighted by Crippen LogP contribution is -2.31. The van der Waals surface area contributed by atoms with Gasteiger partial charge in [0.15, 0.2) is 0 Å². The second-order valence-corrected chi connectivity index (χ2v) is 5.94. The number of halogens is 1. The number of rotatable bonds is 15. The molecule has 1 saturated carbocycles. The molecule has 1 aliphatic carbocycles. The summed E-state index contributed by atoms with van der Waals surface area (Å²) in [6.07, 6.45) is 5.03. The molecule has 0 saturated heterocycles. The van der Waals surface area contributed by atoms with Gasteiger partial charge < -0.3 is 14.2 Å². The zero-order valence-corrected chi connectivity index (χ0v) is 14.4. The number of hydrogen-bond acceptors (Lipinski definition) is 4. The van der Waals surface area contributed by atoms with Gasteiger partial charge in [0.05, 0.1) is 33.0 Å². The van der Waals surface area contributed by atoms with E-state index < -0.39 is 0 Å². The topological polar surface area (TPSA) is 30.9 Å². The van der Waals surface area contributed by atoms with Crippen molar-refractivity contribution in [2.24, 2.45) is 0 Å². The summed E-state index contributed by atoms with van der Waals surface area (Å²) in [7, 11) is 0. The molecular weight excluding hydrogens is 322 g/mol. The normalized spacial score (nSPS) is 15.2. The number of ether oxygens (including phenoxy) is 3. The Morgan fingerprint density at radius 1 is 0.900 bits per heavy atom. The van der Waals surface area contributed by atoms with Crippen molar-refractivity contribution >= 4 is 15.9 Å². The molecule has 0 aromatic heterocycles. The summed E-state index contributed by atoms with van der Waals surface area (Å²) in [5.74, 6) is 0. The molecule has 120 valence electrons. The van der Waals surface area contributed by atoms with Crippen LogP contribution >= 0.6 is 15.9 Å². The zero-order chi connectivity index (χ0) is 14.5. The highest BCUT2D eigenvalue weighted by atomic mass is 79.9. The third-order valence-electron chi connectivity index (χ3n) is 3.34. The molecule has 0 heterocycles. The molecule has 1 fully saturated rings. The summed E-state index contributed by atoms with van der Waals surface area (Å²) >= 11 is 3.51. The monoisotopic (exact) mass is 351 g/mol. The molecule has 0 aromatic rings. The summed E-state index contributed by atoms with van der Waals surface area (Å²) in [5.41, 5.74) is 0. The molecule has 1 rings (SSSR count). The molecule has 0 aromatic carbocycles. The van der Waals surface area contributed by atoms with Crippen molar-refractivity contribution in [1.82, 2.24) is 4.90 Å². The minimum atomic E-state index is 0.666. The average molecular weight is 352 g/mol. The Kier molecular flexibility index (Phi) is 12.0. The van der Waals surface area contributed by atoms with Gasteiger partial charge in [-0.05, 0) is 19.3 Å². The molecule has 5 heteroatoms. The molecule has 20 heavy (non-hydrogen) atoms. The maximum atomic E-state index is 5.61. The Bertz CT molecular complexity index is 215. The first-order valence-electron chi connectivity index (χ1n) is 7.91. The first-order valence-corrected chi connectivity index (χ1v) is 9.04. The fourth-order valence-corrected chi connectivity index (χ4v) is 2.45. The van der Waals surface area contributed by atoms with Crippen LogP contribution in [0.2, 0.25) is 0 Å². The smallest absolute Gasteiger partial charge is 0.0701 e. The maximum Gasteiger partial charge on any atom is 0.0701 e. The predicted molar refractivity (Wildman–Crippen MR) is 85.8 cm³/mol. The fourth-order valence-electron chi connectivity index (χ4n) is 2.00. The molecule has 0 unspecified atom stereocenters. The summed E-state index contributed by atoms with van der Waals surface area (Å²) in [6, 6.07) is 0.813. The van der Waals surface area contributed by atoms with Gasteiger partial charge in [-0.1, -0.05) is 29.3 Å². The van der Waals surface area contributed by atoms with Crippen LogP contribution in [0.5, 0.6) is 0 Å². The molecule has 0 bridgehead atoms. The highest BCUT2D eigenvalue weighted by Crippen LogP contribution is 2.26. The van der Waals surface area contributed by atoms with E-state index >= 15 is 0 Å². The van der Waals surface area contributed by atoms with E-state index in [4.69, 9.17) is 14.2 Å². The number of alkyl halides is 1. The Balaban J connectivity index is 1.77. The van der Waals surface area contributed by atoms with Crippen molar-refractivity contribution in [1.29, 1.82) is 0 Å². The Labute approximate surface area is 132 Å². The van der Waals surface area contributed by atoms with Crippen molar-refractivity contribution in [3.63, 3.8) is 0 Å². The summed E-state index contributed by atoms with van der Waals surface area (Å²) in [4.78, 5) is 2.51. The third kappa shape index (κ3) is 10.1. The number of hydrogen-bond donors (Lipinski definition) is 0. The number of nitrogens with zero attached hydrogens (tertiary/aromatic N) is 1. The molecular formula is C15H30BrNO3. The average Bonchev–Trinajstić information content (AvgIpc) is 3.28. The molecule has 0 aliphatic heterocycles. The summed E-state index contributed by atoms with van der Waals surface area (Å²) in [6.45, 7) is 8.70. The van der Waals surface area contributed by atoms with Gasteiger partial charge in [0.2, 0.25) is 0 Å². The van der Waals surface area contributed by atoms with E-state index in [0.717, 1.165) is 44.1 Å². The molecule has 1 aliphatic rings. The van der Waals surface area contributed by atoms with Crippen LogP contribution < -0.4 is 0 Å². The lowest BCUT2D eigenvalue weighted by atomic mass is 10.4. The van der Waals surface area contributed by atoms with Crippen molar-refractivity contribution < 1.29 is 14.2 Å². The van der Waals surface area contributed by atoms with Gasteiger partial charge in [-0.2, -0.15) is 0 Å². The first kappa shape index (κ1) is 18.4. The van der Waals surface area contributed by atoms with E-state index in [1.807, 2.05) is 0 Å². The van der Waals surface area contributed by atoms with Crippen LogP contribution in [0.25, 0.3) is 0 Å². The molecule has 0 radical (unpaired) electrons. The van der Waals surface area contributed by atoms with E-state index in [0.29, 0.717) is 26.4 Å². The van der Waals surface area contributed by atoms with E-state index in [1.165, 1.54) is 19.3 Å². The largest absolute Gasteiger partial charge is 0.379 e. The first-order chi connectivity index (χ1) is 9.88. The van der Waals surface area contributed by atoms with Crippen LogP contribution in [0, 0.1) is 0 Å². The predicted octanol–water partition coefficient (Wildman–Crippen LogP) is 2.70. The quantitative estimate of drug-likeness (QED) is 0.335. The summed E-state index contributed by atoms with van der Waals surface area (Å²) < 4.78 is 16.5.